The third-order valence-corrected chi connectivity index (χ3v) is 6.12. The second-order valence-electron chi connectivity index (χ2n) is 6.45. The fraction of sp³-hybridized carbons (Fsp3) is 0.0833. The van der Waals surface area contributed by atoms with Crippen LogP contribution in [0.3, 0.4) is 0 Å². The topological polar surface area (TPSA) is 37.4 Å². The summed E-state index contributed by atoms with van der Waals surface area (Å²) in [6.07, 6.45) is 3.44. The summed E-state index contributed by atoms with van der Waals surface area (Å²) in [6.45, 7) is 2.08. The van der Waals surface area contributed by atoms with Crippen LogP contribution in [0, 0.1) is 18.9 Å². The summed E-state index contributed by atoms with van der Waals surface area (Å²) in [4.78, 5) is 0.218. The fourth-order valence-electron chi connectivity index (χ4n) is 2.59. The van der Waals surface area contributed by atoms with E-state index in [4.69, 9.17) is 11.6 Å². The first-order valence-electron chi connectivity index (χ1n) is 9.02. The molecule has 0 bridgehead atoms. The average molecular weight is 422 g/mol. The van der Waals surface area contributed by atoms with Gasteiger partial charge in [0.1, 0.15) is 0 Å². The molecule has 0 unspecified atom stereocenters. The molecule has 0 radical (unpaired) electrons. The molecule has 0 aliphatic carbocycles. The van der Waals surface area contributed by atoms with Crippen LogP contribution < -0.4 is 0 Å². The standard InChI is InChI=1S/C24H20ClNO2S/c1-20-10-16-24(17-11-20)29(27,28)26(19-22-8-3-2-4-9-22)18-6-5-7-21-12-14-23(25)15-13-21/h2-5,7-17H,19H2,1H3/b7-5+. The molecule has 0 fully saturated rings. The summed E-state index contributed by atoms with van der Waals surface area (Å²) in [5.41, 5.74) is 2.79. The molecule has 146 valence electrons. The van der Waals surface area contributed by atoms with Crippen molar-refractivity contribution in [2.45, 2.75) is 18.4 Å². The third-order valence-electron chi connectivity index (χ3n) is 4.20. The minimum atomic E-state index is -3.76. The first-order chi connectivity index (χ1) is 13.9. The van der Waals surface area contributed by atoms with E-state index in [1.807, 2.05) is 55.5 Å². The van der Waals surface area contributed by atoms with E-state index in [-0.39, 0.29) is 11.4 Å². The SMILES string of the molecule is Cc1ccc(S(=O)(=O)N(C#C/C=C/c2ccc(Cl)cc2)Cc2ccccc2)cc1. The zero-order chi connectivity index (χ0) is 20.7. The Morgan fingerprint density at radius 2 is 1.59 bits per heavy atom. The number of allylic oxidation sites excluding steroid dienone is 1. The van der Waals surface area contributed by atoms with Crippen LogP contribution in [0.1, 0.15) is 16.7 Å². The summed E-state index contributed by atoms with van der Waals surface area (Å²) in [5.74, 6) is 2.84. The number of rotatable bonds is 5. The summed E-state index contributed by atoms with van der Waals surface area (Å²) in [5, 5.41) is 0.659. The number of nitrogens with zero attached hydrogens (tertiary/aromatic N) is 1. The number of hydrogen-bond acceptors (Lipinski definition) is 2. The molecule has 0 aromatic heterocycles. The molecule has 0 spiro atoms. The van der Waals surface area contributed by atoms with Crippen LogP contribution in [-0.2, 0) is 16.6 Å². The Balaban J connectivity index is 1.89. The van der Waals surface area contributed by atoms with Gasteiger partial charge in [0.25, 0.3) is 10.0 Å². The molecule has 0 amide bonds. The lowest BCUT2D eigenvalue weighted by Crippen LogP contribution is -2.26. The number of hydrogen-bond donors (Lipinski definition) is 0. The highest BCUT2D eigenvalue weighted by molar-refractivity contribution is 7.89. The molecule has 0 atom stereocenters. The molecular weight excluding hydrogens is 402 g/mol. The second kappa shape index (κ2) is 9.47. The zero-order valence-corrected chi connectivity index (χ0v) is 17.5. The molecule has 0 saturated heterocycles. The van der Waals surface area contributed by atoms with Gasteiger partial charge < -0.3 is 0 Å². The maximum Gasteiger partial charge on any atom is 0.271 e. The minimum absolute atomic E-state index is 0.166. The number of benzene rings is 3. The Bertz CT molecular complexity index is 1140. The van der Waals surface area contributed by atoms with Gasteiger partial charge in [-0.15, -0.1) is 0 Å². The average Bonchev–Trinajstić information content (AvgIpc) is 2.72. The number of aryl methyl sites for hydroxylation is 1. The lowest BCUT2D eigenvalue weighted by molar-refractivity contribution is 0.508. The Labute approximate surface area is 177 Å². The summed E-state index contributed by atoms with van der Waals surface area (Å²) < 4.78 is 27.4. The molecule has 3 rings (SSSR count). The molecule has 29 heavy (non-hydrogen) atoms. The number of sulfonamides is 1. The van der Waals surface area contributed by atoms with Gasteiger partial charge in [-0.25, -0.2) is 12.7 Å². The molecule has 0 aliphatic rings. The van der Waals surface area contributed by atoms with Crippen molar-refractivity contribution in [2.75, 3.05) is 0 Å². The Hall–Kier alpha value is -3.00. The highest BCUT2D eigenvalue weighted by atomic mass is 35.5. The van der Waals surface area contributed by atoms with Gasteiger partial charge in [-0.1, -0.05) is 77.7 Å². The first kappa shape index (κ1) is 20.7. The van der Waals surface area contributed by atoms with E-state index < -0.39 is 10.0 Å². The molecule has 3 nitrogen and oxygen atoms in total. The van der Waals surface area contributed by atoms with Gasteiger partial charge >= 0.3 is 0 Å². The van der Waals surface area contributed by atoms with Crippen molar-refractivity contribution in [1.82, 2.24) is 4.31 Å². The van der Waals surface area contributed by atoms with E-state index in [9.17, 15) is 8.42 Å². The Kier molecular flexibility index (Phi) is 6.77. The van der Waals surface area contributed by atoms with Crippen LogP contribution in [0.15, 0.2) is 89.8 Å². The van der Waals surface area contributed by atoms with Crippen molar-refractivity contribution in [1.29, 1.82) is 0 Å². The maximum atomic E-state index is 13.1. The lowest BCUT2D eigenvalue weighted by Gasteiger charge is -2.18. The maximum absolute atomic E-state index is 13.1. The fourth-order valence-corrected chi connectivity index (χ4v) is 3.94. The van der Waals surface area contributed by atoms with Gasteiger partial charge in [-0.2, -0.15) is 0 Å². The first-order valence-corrected chi connectivity index (χ1v) is 10.8. The van der Waals surface area contributed by atoms with Crippen molar-refractivity contribution in [2.24, 2.45) is 0 Å². The van der Waals surface area contributed by atoms with Crippen molar-refractivity contribution in [3.63, 3.8) is 0 Å². The Morgan fingerprint density at radius 1 is 0.931 bits per heavy atom. The molecule has 0 N–H and O–H groups in total. The predicted octanol–water partition coefficient (Wildman–Crippen LogP) is 5.51. The van der Waals surface area contributed by atoms with Crippen LogP contribution in [0.5, 0.6) is 0 Å². The molecule has 0 heterocycles. The van der Waals surface area contributed by atoms with Crippen LogP contribution in [0.2, 0.25) is 5.02 Å². The minimum Gasteiger partial charge on any atom is -0.220 e. The van der Waals surface area contributed by atoms with Crippen LogP contribution in [0.4, 0.5) is 0 Å². The van der Waals surface area contributed by atoms with Crippen molar-refractivity contribution < 1.29 is 8.42 Å². The summed E-state index contributed by atoms with van der Waals surface area (Å²) in [6, 6.07) is 26.3. The largest absolute Gasteiger partial charge is 0.271 e. The molecule has 3 aromatic rings. The van der Waals surface area contributed by atoms with Crippen LogP contribution in [-0.4, -0.2) is 12.7 Å². The zero-order valence-electron chi connectivity index (χ0n) is 15.9. The third kappa shape index (κ3) is 5.74. The van der Waals surface area contributed by atoms with Gasteiger partial charge in [-0.3, -0.25) is 0 Å². The normalized spacial score (nSPS) is 11.1. The molecule has 0 aliphatic heterocycles. The van der Waals surface area contributed by atoms with Crippen LogP contribution in [0.25, 0.3) is 6.08 Å². The van der Waals surface area contributed by atoms with E-state index in [0.717, 1.165) is 16.7 Å². The van der Waals surface area contributed by atoms with E-state index in [1.165, 1.54) is 4.31 Å². The van der Waals surface area contributed by atoms with Gasteiger partial charge in [0.2, 0.25) is 0 Å². The van der Waals surface area contributed by atoms with E-state index in [0.29, 0.717) is 5.02 Å². The summed E-state index contributed by atoms with van der Waals surface area (Å²) >= 11 is 5.88. The quantitative estimate of drug-likeness (QED) is 0.402. The van der Waals surface area contributed by atoms with E-state index in [1.54, 1.807) is 42.5 Å². The Morgan fingerprint density at radius 3 is 2.24 bits per heavy atom. The molecule has 5 heteroatoms. The van der Waals surface area contributed by atoms with E-state index in [2.05, 4.69) is 12.0 Å². The van der Waals surface area contributed by atoms with Gasteiger partial charge in [0, 0.05) is 11.1 Å². The highest BCUT2D eigenvalue weighted by Crippen LogP contribution is 2.18. The van der Waals surface area contributed by atoms with Crippen LogP contribution >= 0.6 is 11.6 Å². The van der Waals surface area contributed by atoms with Crippen molar-refractivity contribution in [3.8, 4) is 12.0 Å². The number of halogens is 1. The monoisotopic (exact) mass is 421 g/mol. The van der Waals surface area contributed by atoms with Gasteiger partial charge in [-0.05, 0) is 54.5 Å². The van der Waals surface area contributed by atoms with Gasteiger partial charge in [0.15, 0.2) is 0 Å². The van der Waals surface area contributed by atoms with Crippen molar-refractivity contribution >= 4 is 27.7 Å². The lowest BCUT2D eigenvalue weighted by atomic mass is 10.2. The van der Waals surface area contributed by atoms with Gasteiger partial charge in [0.05, 0.1) is 11.4 Å². The second-order valence-corrected chi connectivity index (χ2v) is 8.75. The van der Waals surface area contributed by atoms with E-state index >= 15 is 0 Å². The highest BCUT2D eigenvalue weighted by Gasteiger charge is 2.22. The predicted molar refractivity (Wildman–Crippen MR) is 119 cm³/mol. The smallest absolute Gasteiger partial charge is 0.220 e. The summed E-state index contributed by atoms with van der Waals surface area (Å²) in [7, 11) is -3.76. The molecule has 3 aromatic carbocycles. The molecular formula is C24H20ClNO2S. The molecule has 0 saturated carbocycles. The van der Waals surface area contributed by atoms with Crippen molar-refractivity contribution in [3.05, 3.63) is 107 Å².